The minimum absolute atomic E-state index is 0.183. The first-order valence-corrected chi connectivity index (χ1v) is 5.48. The summed E-state index contributed by atoms with van der Waals surface area (Å²) >= 11 is 0. The van der Waals surface area contributed by atoms with E-state index in [1.807, 2.05) is 0 Å². The Morgan fingerprint density at radius 2 is 2.16 bits per heavy atom. The van der Waals surface area contributed by atoms with Crippen molar-refractivity contribution in [1.29, 1.82) is 0 Å². The van der Waals surface area contributed by atoms with Crippen molar-refractivity contribution < 1.29 is 13.2 Å². The number of alkyl halides is 3. The molecule has 19 heavy (non-hydrogen) atoms. The Kier molecular flexibility index (Phi) is 3.31. The first-order chi connectivity index (χ1) is 8.84. The number of halogens is 3. The van der Waals surface area contributed by atoms with Crippen molar-refractivity contribution in [1.82, 2.24) is 19.3 Å². The topological polar surface area (TPSA) is 78.7 Å². The molecule has 0 spiro atoms. The number of aromatic nitrogens is 4. The number of fused-ring (bicyclic) bond motifs is 1. The van der Waals surface area contributed by atoms with Crippen LogP contribution in [0, 0.1) is 5.92 Å². The van der Waals surface area contributed by atoms with Crippen LogP contribution in [0.5, 0.6) is 0 Å². The molecular formula is C10H12F3N5O. The van der Waals surface area contributed by atoms with E-state index >= 15 is 0 Å². The van der Waals surface area contributed by atoms with Crippen molar-refractivity contribution >= 4 is 11.0 Å². The number of nitrogens with zero attached hydrogens (tertiary/aromatic N) is 4. The lowest BCUT2D eigenvalue weighted by Crippen LogP contribution is -2.36. The third kappa shape index (κ3) is 2.46. The zero-order valence-corrected chi connectivity index (χ0v) is 10.1. The minimum atomic E-state index is -4.45. The number of hydrogen-bond donors (Lipinski definition) is 1. The van der Waals surface area contributed by atoms with Crippen LogP contribution >= 0.6 is 0 Å². The first kappa shape index (κ1) is 13.5. The smallest absolute Gasteiger partial charge is 0.330 e. The van der Waals surface area contributed by atoms with Crippen molar-refractivity contribution in [3.63, 3.8) is 0 Å². The summed E-state index contributed by atoms with van der Waals surface area (Å²) in [5.74, 6) is -1.78. The van der Waals surface area contributed by atoms with E-state index in [1.54, 1.807) is 7.05 Å². The fourth-order valence-electron chi connectivity index (χ4n) is 1.75. The summed E-state index contributed by atoms with van der Waals surface area (Å²) in [6.07, 6.45) is -2.08. The summed E-state index contributed by atoms with van der Waals surface area (Å²) < 4.78 is 40.2. The first-order valence-electron chi connectivity index (χ1n) is 5.48. The molecule has 9 heteroatoms. The van der Waals surface area contributed by atoms with Gasteiger partial charge in [-0.05, 0) is 0 Å². The lowest BCUT2D eigenvalue weighted by Gasteiger charge is -2.19. The second-order valence-corrected chi connectivity index (χ2v) is 4.18. The zero-order chi connectivity index (χ0) is 14.2. The molecule has 2 N–H and O–H groups in total. The van der Waals surface area contributed by atoms with Gasteiger partial charge in [0, 0.05) is 20.1 Å². The quantitative estimate of drug-likeness (QED) is 0.872. The molecule has 0 fully saturated rings. The van der Waals surface area contributed by atoms with Gasteiger partial charge in [-0.15, -0.1) is 0 Å². The van der Waals surface area contributed by atoms with Gasteiger partial charge < -0.3 is 5.73 Å². The largest absolute Gasteiger partial charge is 0.394 e. The van der Waals surface area contributed by atoms with E-state index < -0.39 is 30.7 Å². The van der Waals surface area contributed by atoms with Gasteiger partial charge in [-0.2, -0.15) is 18.3 Å². The molecule has 0 amide bonds. The van der Waals surface area contributed by atoms with E-state index in [9.17, 15) is 18.0 Å². The third-order valence-corrected chi connectivity index (χ3v) is 2.88. The van der Waals surface area contributed by atoms with E-state index in [0.717, 1.165) is 10.9 Å². The van der Waals surface area contributed by atoms with Gasteiger partial charge in [-0.3, -0.25) is 14.0 Å². The average molecular weight is 275 g/mol. The molecule has 0 aromatic carbocycles. The summed E-state index contributed by atoms with van der Waals surface area (Å²) in [5.41, 5.74) is 4.88. The Hall–Kier alpha value is -1.90. The van der Waals surface area contributed by atoms with Crippen molar-refractivity contribution in [3.05, 3.63) is 22.9 Å². The highest BCUT2D eigenvalue weighted by molar-refractivity contribution is 5.72. The van der Waals surface area contributed by atoms with Crippen LogP contribution in [0.1, 0.15) is 0 Å². The highest BCUT2D eigenvalue weighted by Crippen LogP contribution is 2.26. The maximum atomic E-state index is 12.6. The van der Waals surface area contributed by atoms with Gasteiger partial charge >= 0.3 is 6.18 Å². The van der Waals surface area contributed by atoms with Gasteiger partial charge in [0.05, 0.1) is 18.4 Å². The minimum Gasteiger partial charge on any atom is -0.330 e. The molecule has 0 saturated carbocycles. The molecule has 2 aromatic heterocycles. The molecule has 104 valence electrons. The molecule has 2 heterocycles. The highest BCUT2D eigenvalue weighted by atomic mass is 19.4. The summed E-state index contributed by atoms with van der Waals surface area (Å²) in [6, 6.07) is 0. The SMILES string of the molecule is Cn1ncc2c(=O)n(CC(CN)C(F)(F)F)cnc21. The Bertz CT molecular complexity index is 645. The second kappa shape index (κ2) is 4.65. The van der Waals surface area contributed by atoms with Gasteiger partial charge in [0.25, 0.3) is 5.56 Å². The molecule has 0 aliphatic carbocycles. The van der Waals surface area contributed by atoms with Gasteiger partial charge in [-0.1, -0.05) is 0 Å². The monoisotopic (exact) mass is 275 g/mol. The van der Waals surface area contributed by atoms with Crippen LogP contribution in [0.4, 0.5) is 13.2 Å². The van der Waals surface area contributed by atoms with Gasteiger partial charge in [0.1, 0.15) is 5.39 Å². The Morgan fingerprint density at radius 1 is 1.47 bits per heavy atom. The molecule has 1 atom stereocenters. The van der Waals surface area contributed by atoms with Crippen LogP contribution in [0.3, 0.4) is 0 Å². The standard InChI is InChI=1S/C10H12F3N5O/c1-17-8-7(3-16-17)9(19)18(5-15-8)4-6(2-14)10(11,12)13/h3,5-6H,2,4,14H2,1H3. The lowest BCUT2D eigenvalue weighted by atomic mass is 10.1. The normalized spacial score (nSPS) is 13.9. The molecule has 0 aliphatic rings. The molecule has 0 radical (unpaired) electrons. The predicted molar refractivity (Wildman–Crippen MR) is 61.4 cm³/mol. The van der Waals surface area contributed by atoms with Crippen LogP contribution in [0.25, 0.3) is 11.0 Å². The highest BCUT2D eigenvalue weighted by Gasteiger charge is 2.38. The summed E-state index contributed by atoms with van der Waals surface area (Å²) in [5, 5.41) is 4.02. The van der Waals surface area contributed by atoms with E-state index in [2.05, 4.69) is 10.1 Å². The van der Waals surface area contributed by atoms with Crippen molar-refractivity contribution in [2.24, 2.45) is 18.7 Å². The molecule has 2 aromatic rings. The third-order valence-electron chi connectivity index (χ3n) is 2.88. The average Bonchev–Trinajstić information content (AvgIpc) is 2.69. The molecule has 0 bridgehead atoms. The van der Waals surface area contributed by atoms with Crippen LogP contribution in [0.15, 0.2) is 17.3 Å². The molecule has 0 aliphatic heterocycles. The number of nitrogens with two attached hydrogens (primary N) is 1. The number of hydrogen-bond acceptors (Lipinski definition) is 4. The lowest BCUT2D eigenvalue weighted by molar-refractivity contribution is -0.175. The predicted octanol–water partition coefficient (Wildman–Crippen LogP) is 0.267. The summed E-state index contributed by atoms with van der Waals surface area (Å²) in [4.78, 5) is 15.9. The fourth-order valence-corrected chi connectivity index (χ4v) is 1.75. The van der Waals surface area contributed by atoms with Gasteiger partial charge in [0.2, 0.25) is 0 Å². The van der Waals surface area contributed by atoms with E-state index in [4.69, 9.17) is 5.73 Å². The molecule has 6 nitrogen and oxygen atoms in total. The maximum Gasteiger partial charge on any atom is 0.394 e. The van der Waals surface area contributed by atoms with Gasteiger partial charge in [0.15, 0.2) is 5.65 Å². The van der Waals surface area contributed by atoms with E-state index in [1.165, 1.54) is 10.9 Å². The zero-order valence-electron chi connectivity index (χ0n) is 10.1. The molecule has 0 saturated heterocycles. The van der Waals surface area contributed by atoms with E-state index in [-0.39, 0.29) is 5.39 Å². The van der Waals surface area contributed by atoms with Crippen LogP contribution in [-0.4, -0.2) is 32.1 Å². The van der Waals surface area contributed by atoms with Crippen molar-refractivity contribution in [3.8, 4) is 0 Å². The van der Waals surface area contributed by atoms with Crippen molar-refractivity contribution in [2.45, 2.75) is 12.7 Å². The van der Waals surface area contributed by atoms with Crippen LogP contribution in [-0.2, 0) is 13.6 Å². The number of aryl methyl sites for hydroxylation is 1. The van der Waals surface area contributed by atoms with Crippen LogP contribution < -0.4 is 11.3 Å². The summed E-state index contributed by atoms with van der Waals surface area (Å²) in [7, 11) is 1.59. The van der Waals surface area contributed by atoms with E-state index in [0.29, 0.717) is 5.65 Å². The second-order valence-electron chi connectivity index (χ2n) is 4.18. The van der Waals surface area contributed by atoms with Gasteiger partial charge in [-0.25, -0.2) is 4.98 Å². The number of rotatable bonds is 3. The van der Waals surface area contributed by atoms with Crippen molar-refractivity contribution in [2.75, 3.05) is 6.54 Å². The maximum absolute atomic E-state index is 12.6. The Labute approximate surface area is 105 Å². The van der Waals surface area contributed by atoms with Crippen LogP contribution in [0.2, 0.25) is 0 Å². The Balaban J connectivity index is 2.41. The summed E-state index contributed by atoms with van der Waals surface area (Å²) in [6.45, 7) is -1.13. The molecule has 1 unspecified atom stereocenters. The molecular weight excluding hydrogens is 263 g/mol. The molecule has 2 rings (SSSR count). The fraction of sp³-hybridized carbons (Fsp3) is 0.500. The Morgan fingerprint density at radius 3 is 2.74 bits per heavy atom.